The Labute approximate surface area is 218 Å². The average molecular weight is 524 g/mol. The lowest BCUT2D eigenvalue weighted by Gasteiger charge is -2.32. The number of likely N-dealkylation sites (N-methyl/N-ethyl adjacent to an activating group) is 1. The number of nitrogens with zero attached hydrogens (tertiary/aromatic N) is 2. The lowest BCUT2D eigenvalue weighted by molar-refractivity contribution is -0.139. The van der Waals surface area contributed by atoms with Crippen molar-refractivity contribution in [1.29, 1.82) is 0 Å². The summed E-state index contributed by atoms with van der Waals surface area (Å²) in [7, 11) is -1.02. The average Bonchev–Trinajstić information content (AvgIpc) is 2.89. The van der Waals surface area contributed by atoms with Crippen molar-refractivity contribution in [2.75, 3.05) is 25.0 Å². The predicted molar refractivity (Wildman–Crippen MR) is 144 cm³/mol. The lowest BCUT2D eigenvalue weighted by Crippen LogP contribution is -2.50. The third-order valence-corrected chi connectivity index (χ3v) is 7.89. The van der Waals surface area contributed by atoms with Crippen LogP contribution in [0.3, 0.4) is 0 Å². The molecule has 0 saturated heterocycles. The molecule has 1 N–H and O–H groups in total. The van der Waals surface area contributed by atoms with Gasteiger partial charge in [0.1, 0.15) is 18.3 Å². The van der Waals surface area contributed by atoms with Gasteiger partial charge < -0.3 is 15.0 Å². The fraction of sp³-hybridized carbons (Fsp3) is 0.286. The quantitative estimate of drug-likeness (QED) is 0.438. The van der Waals surface area contributed by atoms with Gasteiger partial charge in [-0.2, -0.15) is 0 Å². The first-order valence-corrected chi connectivity index (χ1v) is 13.3. The Morgan fingerprint density at radius 1 is 0.946 bits per heavy atom. The molecule has 0 radical (unpaired) electrons. The van der Waals surface area contributed by atoms with Gasteiger partial charge in [-0.05, 0) is 68.3 Å². The summed E-state index contributed by atoms with van der Waals surface area (Å²) in [5, 5.41) is 2.57. The van der Waals surface area contributed by atoms with Gasteiger partial charge in [-0.3, -0.25) is 13.9 Å². The topological polar surface area (TPSA) is 96.0 Å². The van der Waals surface area contributed by atoms with Crippen molar-refractivity contribution in [3.63, 3.8) is 0 Å². The van der Waals surface area contributed by atoms with E-state index in [-0.39, 0.29) is 17.3 Å². The van der Waals surface area contributed by atoms with Crippen molar-refractivity contribution in [2.24, 2.45) is 0 Å². The molecule has 0 aliphatic heterocycles. The zero-order valence-corrected chi connectivity index (χ0v) is 22.6. The second-order valence-electron chi connectivity index (χ2n) is 8.82. The van der Waals surface area contributed by atoms with E-state index in [0.717, 1.165) is 21.0 Å². The molecule has 1 unspecified atom stereocenters. The minimum Gasteiger partial charge on any atom is -0.497 e. The number of benzene rings is 3. The Morgan fingerprint density at radius 3 is 2.16 bits per heavy atom. The fourth-order valence-corrected chi connectivity index (χ4v) is 5.27. The number of ether oxygens (including phenoxy) is 1. The SMILES string of the molecule is CNC(=O)C(C)N(Cc1ccc(OC)cc1)C(=O)CN(c1cccc(C)c1)S(=O)(=O)c1ccc(C)cc1. The van der Waals surface area contributed by atoms with Crippen LogP contribution >= 0.6 is 0 Å². The van der Waals surface area contributed by atoms with E-state index in [2.05, 4.69) is 5.32 Å². The van der Waals surface area contributed by atoms with Crippen molar-refractivity contribution in [3.8, 4) is 5.75 Å². The first-order valence-electron chi connectivity index (χ1n) is 11.9. The maximum absolute atomic E-state index is 13.8. The number of methoxy groups -OCH3 is 1. The Balaban J connectivity index is 2.01. The fourth-order valence-electron chi connectivity index (χ4n) is 3.87. The predicted octanol–water partition coefficient (Wildman–Crippen LogP) is 3.67. The third-order valence-electron chi connectivity index (χ3n) is 6.10. The molecule has 0 fully saturated rings. The maximum Gasteiger partial charge on any atom is 0.264 e. The summed E-state index contributed by atoms with van der Waals surface area (Å²) in [6.07, 6.45) is 0. The van der Waals surface area contributed by atoms with Crippen LogP contribution in [0.2, 0.25) is 0 Å². The number of carbonyl (C=O) groups excluding carboxylic acids is 2. The molecule has 3 aromatic carbocycles. The van der Waals surface area contributed by atoms with Crippen LogP contribution in [0.5, 0.6) is 5.75 Å². The molecule has 9 heteroatoms. The molecule has 0 spiro atoms. The molecule has 37 heavy (non-hydrogen) atoms. The molecule has 196 valence electrons. The zero-order valence-electron chi connectivity index (χ0n) is 21.8. The first-order chi connectivity index (χ1) is 17.6. The van der Waals surface area contributed by atoms with Gasteiger partial charge in [-0.1, -0.05) is 42.0 Å². The molecule has 8 nitrogen and oxygen atoms in total. The number of aryl methyl sites for hydroxylation is 2. The van der Waals surface area contributed by atoms with Crippen molar-refractivity contribution in [3.05, 3.63) is 89.5 Å². The smallest absolute Gasteiger partial charge is 0.264 e. The lowest BCUT2D eigenvalue weighted by atomic mass is 10.1. The summed E-state index contributed by atoms with van der Waals surface area (Å²) in [6, 6.07) is 19.8. The summed E-state index contributed by atoms with van der Waals surface area (Å²) in [6.45, 7) is 4.98. The van der Waals surface area contributed by atoms with E-state index in [1.165, 1.54) is 24.1 Å². The highest BCUT2D eigenvalue weighted by atomic mass is 32.2. The molecule has 0 aliphatic carbocycles. The Hall–Kier alpha value is -3.85. The van der Waals surface area contributed by atoms with Crippen LogP contribution in [0, 0.1) is 13.8 Å². The Bertz CT molecular complexity index is 1340. The largest absolute Gasteiger partial charge is 0.497 e. The summed E-state index contributed by atoms with van der Waals surface area (Å²) in [4.78, 5) is 27.8. The van der Waals surface area contributed by atoms with Crippen LogP contribution in [0.4, 0.5) is 5.69 Å². The molecule has 0 aliphatic rings. The molecular weight excluding hydrogens is 490 g/mol. The monoisotopic (exact) mass is 523 g/mol. The van der Waals surface area contributed by atoms with E-state index in [1.54, 1.807) is 68.6 Å². The van der Waals surface area contributed by atoms with Crippen molar-refractivity contribution < 1.29 is 22.7 Å². The van der Waals surface area contributed by atoms with Gasteiger partial charge in [-0.25, -0.2) is 8.42 Å². The van der Waals surface area contributed by atoms with E-state index >= 15 is 0 Å². The third kappa shape index (κ3) is 6.68. The van der Waals surface area contributed by atoms with Crippen LogP contribution in [-0.4, -0.2) is 51.9 Å². The number of rotatable bonds is 10. The summed E-state index contributed by atoms with van der Waals surface area (Å²) >= 11 is 0. The molecule has 1 atom stereocenters. The van der Waals surface area contributed by atoms with Crippen molar-refractivity contribution in [2.45, 2.75) is 38.3 Å². The minimum atomic E-state index is -4.08. The van der Waals surface area contributed by atoms with Gasteiger partial charge in [-0.15, -0.1) is 0 Å². The summed E-state index contributed by atoms with van der Waals surface area (Å²) < 4.78 is 33.8. The second kappa shape index (κ2) is 11.9. The number of amides is 2. The van der Waals surface area contributed by atoms with Gasteiger partial charge in [0.15, 0.2) is 0 Å². The zero-order chi connectivity index (χ0) is 27.2. The molecule has 3 aromatic rings. The molecule has 0 saturated carbocycles. The van der Waals surface area contributed by atoms with E-state index < -0.39 is 28.5 Å². The Kier molecular flexibility index (Phi) is 8.94. The van der Waals surface area contributed by atoms with Crippen LogP contribution in [0.25, 0.3) is 0 Å². The van der Waals surface area contributed by atoms with Gasteiger partial charge >= 0.3 is 0 Å². The van der Waals surface area contributed by atoms with E-state index in [0.29, 0.717) is 11.4 Å². The van der Waals surface area contributed by atoms with Crippen LogP contribution < -0.4 is 14.4 Å². The van der Waals surface area contributed by atoms with Crippen molar-refractivity contribution in [1.82, 2.24) is 10.2 Å². The van der Waals surface area contributed by atoms with Crippen LogP contribution in [-0.2, 0) is 26.2 Å². The minimum absolute atomic E-state index is 0.0773. The normalized spacial score (nSPS) is 11.9. The molecule has 0 heterocycles. The Morgan fingerprint density at radius 2 is 1.59 bits per heavy atom. The van der Waals surface area contributed by atoms with Crippen molar-refractivity contribution >= 4 is 27.5 Å². The number of carbonyl (C=O) groups is 2. The van der Waals surface area contributed by atoms with Gasteiger partial charge in [0, 0.05) is 13.6 Å². The van der Waals surface area contributed by atoms with Gasteiger partial charge in [0.25, 0.3) is 10.0 Å². The molecule has 3 rings (SSSR count). The van der Waals surface area contributed by atoms with Crippen LogP contribution in [0.1, 0.15) is 23.6 Å². The van der Waals surface area contributed by atoms with E-state index in [1.807, 2.05) is 19.9 Å². The highest BCUT2D eigenvalue weighted by Crippen LogP contribution is 2.26. The number of hydrogen-bond acceptors (Lipinski definition) is 5. The number of anilines is 1. The first kappa shape index (κ1) is 27.7. The van der Waals surface area contributed by atoms with Gasteiger partial charge in [0.05, 0.1) is 17.7 Å². The highest BCUT2D eigenvalue weighted by Gasteiger charge is 2.32. The molecular formula is C28H33N3O5S. The number of hydrogen-bond donors (Lipinski definition) is 1. The molecule has 0 aromatic heterocycles. The summed E-state index contributed by atoms with van der Waals surface area (Å²) in [5.74, 6) is -0.203. The molecule has 0 bridgehead atoms. The van der Waals surface area contributed by atoms with Gasteiger partial charge in [0.2, 0.25) is 11.8 Å². The van der Waals surface area contributed by atoms with E-state index in [4.69, 9.17) is 4.74 Å². The maximum atomic E-state index is 13.8. The second-order valence-corrected chi connectivity index (χ2v) is 10.7. The molecule has 2 amide bonds. The number of sulfonamides is 1. The van der Waals surface area contributed by atoms with Crippen LogP contribution in [0.15, 0.2) is 77.7 Å². The standard InChI is InChI=1S/C28H33N3O5S/c1-20-9-15-26(16-10-20)37(34,35)31(24-8-6-7-21(2)17-24)19-27(32)30(22(3)28(33)29-4)18-23-11-13-25(36-5)14-12-23/h6-17,22H,18-19H2,1-5H3,(H,29,33). The number of nitrogens with one attached hydrogen (secondary N) is 1. The van der Waals surface area contributed by atoms with E-state index in [9.17, 15) is 18.0 Å². The highest BCUT2D eigenvalue weighted by molar-refractivity contribution is 7.92. The summed E-state index contributed by atoms with van der Waals surface area (Å²) in [5.41, 5.74) is 2.91.